The summed E-state index contributed by atoms with van der Waals surface area (Å²) in [7, 11) is 0. The Kier molecular flexibility index (Phi) is 9.81. The molecule has 24 heavy (non-hydrogen) atoms. The van der Waals surface area contributed by atoms with Crippen molar-refractivity contribution in [3.05, 3.63) is 35.4 Å². The smallest absolute Gasteiger partial charge is 0.338 e. The molecule has 0 aliphatic heterocycles. The van der Waals surface area contributed by atoms with E-state index in [1.807, 2.05) is 0 Å². The van der Waals surface area contributed by atoms with Gasteiger partial charge in [-0.25, -0.2) is 9.59 Å². The Bertz CT molecular complexity index is 510. The summed E-state index contributed by atoms with van der Waals surface area (Å²) < 4.78 is 10.6. The second-order valence-corrected chi connectivity index (χ2v) is 6.27. The molecule has 4 heteroatoms. The van der Waals surface area contributed by atoms with Crippen molar-refractivity contribution in [2.75, 3.05) is 13.2 Å². The van der Waals surface area contributed by atoms with E-state index < -0.39 is 5.97 Å². The predicted molar refractivity (Wildman–Crippen MR) is 95.2 cm³/mol. The van der Waals surface area contributed by atoms with Gasteiger partial charge in [-0.1, -0.05) is 52.5 Å². The van der Waals surface area contributed by atoms with Crippen LogP contribution in [0.15, 0.2) is 24.3 Å². The molecule has 0 amide bonds. The summed E-state index contributed by atoms with van der Waals surface area (Å²) in [6.07, 6.45) is 6.32. The quantitative estimate of drug-likeness (QED) is 0.421. The zero-order valence-electron chi connectivity index (χ0n) is 15.2. The van der Waals surface area contributed by atoms with Gasteiger partial charge in [-0.2, -0.15) is 0 Å². The Labute approximate surface area is 145 Å². The minimum atomic E-state index is -0.393. The van der Waals surface area contributed by atoms with Crippen LogP contribution in [0, 0.1) is 5.92 Å². The standard InChI is InChI=1S/C20H30O4/c1-4-6-7-8-13-23-19(21)17-11-9-12-18(14-17)20(22)24-15-16(3)10-5-2/h9,11-12,14,16H,4-8,10,13,15H2,1-3H3. The molecule has 1 aromatic carbocycles. The van der Waals surface area contributed by atoms with E-state index >= 15 is 0 Å². The van der Waals surface area contributed by atoms with E-state index in [0.717, 1.165) is 38.5 Å². The van der Waals surface area contributed by atoms with Gasteiger partial charge in [0.15, 0.2) is 0 Å². The first-order valence-corrected chi connectivity index (χ1v) is 9.02. The van der Waals surface area contributed by atoms with Crippen LogP contribution in [0.2, 0.25) is 0 Å². The van der Waals surface area contributed by atoms with Crippen LogP contribution >= 0.6 is 0 Å². The van der Waals surface area contributed by atoms with Gasteiger partial charge in [0.2, 0.25) is 0 Å². The van der Waals surface area contributed by atoms with Crippen LogP contribution in [0.25, 0.3) is 0 Å². The molecule has 0 aromatic heterocycles. The van der Waals surface area contributed by atoms with Gasteiger partial charge in [-0.3, -0.25) is 0 Å². The van der Waals surface area contributed by atoms with Gasteiger partial charge in [0.05, 0.1) is 24.3 Å². The number of ether oxygens (including phenoxy) is 2. The second-order valence-electron chi connectivity index (χ2n) is 6.27. The minimum Gasteiger partial charge on any atom is -0.462 e. The molecule has 0 saturated heterocycles. The maximum absolute atomic E-state index is 12.1. The summed E-state index contributed by atoms with van der Waals surface area (Å²) >= 11 is 0. The summed E-state index contributed by atoms with van der Waals surface area (Å²) in [6, 6.07) is 6.54. The predicted octanol–water partition coefficient (Wildman–Crippen LogP) is 5.02. The summed E-state index contributed by atoms with van der Waals surface area (Å²) in [6.45, 7) is 7.12. The zero-order chi connectivity index (χ0) is 17.8. The van der Waals surface area contributed by atoms with Crippen molar-refractivity contribution in [3.63, 3.8) is 0 Å². The SMILES string of the molecule is CCCCCCOC(=O)c1cccc(C(=O)OCC(C)CCC)c1. The molecule has 1 rings (SSSR count). The lowest BCUT2D eigenvalue weighted by Gasteiger charge is -2.11. The fourth-order valence-corrected chi connectivity index (χ4v) is 2.43. The second kappa shape index (κ2) is 11.7. The lowest BCUT2D eigenvalue weighted by molar-refractivity contribution is 0.0443. The summed E-state index contributed by atoms with van der Waals surface area (Å²) in [5, 5.41) is 0. The lowest BCUT2D eigenvalue weighted by atomic mass is 10.1. The largest absolute Gasteiger partial charge is 0.462 e. The molecule has 4 nitrogen and oxygen atoms in total. The van der Waals surface area contributed by atoms with Crippen molar-refractivity contribution in [1.29, 1.82) is 0 Å². The van der Waals surface area contributed by atoms with E-state index in [1.165, 1.54) is 0 Å². The number of carbonyl (C=O) groups excluding carboxylic acids is 2. The molecule has 1 unspecified atom stereocenters. The summed E-state index contributed by atoms with van der Waals surface area (Å²) in [5.74, 6) is -0.439. The molecule has 0 aliphatic rings. The Morgan fingerprint density at radius 3 is 2.25 bits per heavy atom. The van der Waals surface area contributed by atoms with E-state index in [9.17, 15) is 9.59 Å². The number of rotatable bonds is 11. The van der Waals surface area contributed by atoms with Gasteiger partial charge >= 0.3 is 11.9 Å². The topological polar surface area (TPSA) is 52.6 Å². The summed E-state index contributed by atoms with van der Waals surface area (Å²) in [4.78, 5) is 24.1. The first-order chi connectivity index (χ1) is 11.6. The molecule has 0 radical (unpaired) electrons. The molecule has 1 atom stereocenters. The highest BCUT2D eigenvalue weighted by Crippen LogP contribution is 2.11. The van der Waals surface area contributed by atoms with Crippen LogP contribution in [0.5, 0.6) is 0 Å². The molecule has 0 aliphatic carbocycles. The Morgan fingerprint density at radius 2 is 1.62 bits per heavy atom. The normalized spacial score (nSPS) is 11.8. The highest BCUT2D eigenvalue weighted by atomic mass is 16.5. The molecule has 0 fully saturated rings. The first-order valence-electron chi connectivity index (χ1n) is 9.02. The number of hydrogen-bond acceptors (Lipinski definition) is 4. The third kappa shape index (κ3) is 7.62. The Hall–Kier alpha value is -1.84. The average Bonchev–Trinajstić information content (AvgIpc) is 2.59. The van der Waals surface area contributed by atoms with E-state index in [2.05, 4.69) is 20.8 Å². The molecule has 0 spiro atoms. The Morgan fingerprint density at radius 1 is 0.958 bits per heavy atom. The molecule has 0 N–H and O–H groups in total. The lowest BCUT2D eigenvalue weighted by Crippen LogP contribution is -2.13. The van der Waals surface area contributed by atoms with Crippen LogP contribution in [-0.2, 0) is 9.47 Å². The number of esters is 2. The molecule has 134 valence electrons. The van der Waals surface area contributed by atoms with Crippen molar-refractivity contribution in [1.82, 2.24) is 0 Å². The van der Waals surface area contributed by atoms with Crippen LogP contribution < -0.4 is 0 Å². The highest BCUT2D eigenvalue weighted by Gasteiger charge is 2.13. The van der Waals surface area contributed by atoms with Crippen molar-refractivity contribution in [2.45, 2.75) is 59.3 Å². The van der Waals surface area contributed by atoms with Gasteiger partial charge in [0.1, 0.15) is 0 Å². The van der Waals surface area contributed by atoms with Crippen LogP contribution in [0.4, 0.5) is 0 Å². The molecule has 1 aromatic rings. The maximum atomic E-state index is 12.1. The van der Waals surface area contributed by atoms with Gasteiger partial charge in [-0.05, 0) is 37.0 Å². The Balaban J connectivity index is 2.49. The van der Waals surface area contributed by atoms with Gasteiger partial charge < -0.3 is 9.47 Å². The van der Waals surface area contributed by atoms with E-state index in [4.69, 9.17) is 9.47 Å². The molecule has 0 heterocycles. The fraction of sp³-hybridized carbons (Fsp3) is 0.600. The van der Waals surface area contributed by atoms with Crippen molar-refractivity contribution in [3.8, 4) is 0 Å². The van der Waals surface area contributed by atoms with Crippen LogP contribution in [0.1, 0.15) is 80.0 Å². The third-order valence-corrected chi connectivity index (χ3v) is 3.85. The van der Waals surface area contributed by atoms with E-state index in [-0.39, 0.29) is 5.97 Å². The average molecular weight is 334 g/mol. The van der Waals surface area contributed by atoms with E-state index in [0.29, 0.717) is 30.3 Å². The maximum Gasteiger partial charge on any atom is 0.338 e. The van der Waals surface area contributed by atoms with Crippen molar-refractivity contribution < 1.29 is 19.1 Å². The molecule has 0 saturated carbocycles. The monoisotopic (exact) mass is 334 g/mol. The molecule has 0 bridgehead atoms. The molecular formula is C20H30O4. The van der Waals surface area contributed by atoms with Gasteiger partial charge in [0.25, 0.3) is 0 Å². The summed E-state index contributed by atoms with van der Waals surface area (Å²) in [5.41, 5.74) is 0.778. The fourth-order valence-electron chi connectivity index (χ4n) is 2.43. The third-order valence-electron chi connectivity index (χ3n) is 3.85. The van der Waals surface area contributed by atoms with Gasteiger partial charge in [0, 0.05) is 0 Å². The van der Waals surface area contributed by atoms with Crippen LogP contribution in [-0.4, -0.2) is 25.2 Å². The van der Waals surface area contributed by atoms with E-state index in [1.54, 1.807) is 24.3 Å². The van der Waals surface area contributed by atoms with Gasteiger partial charge in [-0.15, -0.1) is 0 Å². The van der Waals surface area contributed by atoms with Crippen molar-refractivity contribution in [2.24, 2.45) is 5.92 Å². The minimum absolute atomic E-state index is 0.343. The molecular weight excluding hydrogens is 304 g/mol. The van der Waals surface area contributed by atoms with Crippen molar-refractivity contribution >= 4 is 11.9 Å². The van der Waals surface area contributed by atoms with Crippen LogP contribution in [0.3, 0.4) is 0 Å². The first kappa shape index (κ1) is 20.2. The number of benzene rings is 1. The number of hydrogen-bond donors (Lipinski definition) is 0. The number of unbranched alkanes of at least 4 members (excludes halogenated alkanes) is 3. The highest BCUT2D eigenvalue weighted by molar-refractivity contribution is 5.95. The number of carbonyl (C=O) groups is 2. The zero-order valence-corrected chi connectivity index (χ0v) is 15.2.